The lowest BCUT2D eigenvalue weighted by Crippen LogP contribution is -2.61. The van der Waals surface area contributed by atoms with E-state index in [2.05, 4.69) is 311 Å². The van der Waals surface area contributed by atoms with Gasteiger partial charge in [-0.3, -0.25) is 0 Å². The zero-order valence-electron chi connectivity index (χ0n) is 60.5. The predicted octanol–water partition coefficient (Wildman–Crippen LogP) is 23.7. The minimum absolute atomic E-state index is 0.160. The van der Waals surface area contributed by atoms with Gasteiger partial charge in [0.1, 0.15) is 11.2 Å². The number of thiophene rings is 1. The van der Waals surface area contributed by atoms with Crippen LogP contribution in [0.1, 0.15) is 63.7 Å². The van der Waals surface area contributed by atoms with E-state index in [9.17, 15) is 9.37 Å². The van der Waals surface area contributed by atoms with Crippen molar-refractivity contribution in [1.82, 2.24) is 9.13 Å². The lowest BCUT2D eigenvalue weighted by molar-refractivity contribution is 0.590. The summed E-state index contributed by atoms with van der Waals surface area (Å²) in [4.78, 5) is 5.07. The van der Waals surface area contributed by atoms with Gasteiger partial charge in [-0.1, -0.05) is 205 Å². The molecule has 0 N–H and O–H groups in total. The van der Waals surface area contributed by atoms with Gasteiger partial charge in [-0.25, -0.2) is 0 Å². The zero-order chi connectivity index (χ0) is 71.2. The topological polar surface area (TPSA) is 53.3 Å². The first kappa shape index (κ1) is 54.8. The SMILES string of the molecule is [2H]c1c([2H])c([2H])c2c(c1[2H])c1cc(C#N)ccc1n2-c1ccc2c(c1)N(c1ccc(C(C)(C)C)cc1-c1ccccc1)c1cc(-c3ccc4oc5ccc6sc7ccccc7c6c5c4c3)cc3c1B2c1ccc(-n2c4ccccc4c4ccccc42)cc1N3c1ccc(C(C)(C)C)cc1-c1ccccc1. The highest BCUT2D eigenvalue weighted by molar-refractivity contribution is 7.26. The van der Waals surface area contributed by atoms with Gasteiger partial charge in [0, 0.05) is 97.7 Å². The van der Waals surface area contributed by atoms with Gasteiger partial charge in [0.2, 0.25) is 0 Å². The van der Waals surface area contributed by atoms with E-state index in [0.717, 1.165) is 123 Å². The predicted molar refractivity (Wildman–Crippen MR) is 428 cm³/mol. The van der Waals surface area contributed by atoms with Crippen LogP contribution < -0.4 is 26.2 Å². The summed E-state index contributed by atoms with van der Waals surface area (Å²) in [5.74, 6) is 0. The molecule has 101 heavy (non-hydrogen) atoms. The van der Waals surface area contributed by atoms with Gasteiger partial charge in [-0.15, -0.1) is 11.3 Å². The van der Waals surface area contributed by atoms with Crippen molar-refractivity contribution in [1.29, 1.82) is 5.26 Å². The van der Waals surface area contributed by atoms with E-state index in [-0.39, 0.29) is 41.7 Å². The minimum atomic E-state index is -0.389. The molecule has 0 fully saturated rings. The highest BCUT2D eigenvalue weighted by Crippen LogP contribution is 2.53. The van der Waals surface area contributed by atoms with E-state index in [4.69, 9.17) is 5.79 Å². The maximum Gasteiger partial charge on any atom is 0.252 e. The van der Waals surface area contributed by atoms with Crippen molar-refractivity contribution in [3.05, 3.63) is 308 Å². The number of para-hydroxylation sites is 3. The summed E-state index contributed by atoms with van der Waals surface area (Å²) in [5, 5.41) is 18.2. The van der Waals surface area contributed by atoms with Gasteiger partial charge in [-0.05, 0) is 188 Å². The molecule has 0 spiro atoms. The second-order valence-electron chi connectivity index (χ2n) is 29.2. The van der Waals surface area contributed by atoms with Crippen molar-refractivity contribution in [3.8, 4) is 50.8 Å². The van der Waals surface area contributed by atoms with E-state index in [1.807, 2.05) is 22.0 Å². The average molecular weight is 1320 g/mol. The van der Waals surface area contributed by atoms with Crippen LogP contribution in [-0.2, 0) is 10.8 Å². The molecule has 2 aliphatic heterocycles. The van der Waals surface area contributed by atoms with Crippen molar-refractivity contribution in [2.75, 3.05) is 9.80 Å². The average Bonchev–Trinajstić information content (AvgIpc) is 1.58. The molecule has 18 aromatic rings. The normalized spacial score (nSPS) is 13.5. The minimum Gasteiger partial charge on any atom is -0.456 e. The molecule has 0 aliphatic carbocycles. The molecule has 0 saturated heterocycles. The largest absolute Gasteiger partial charge is 0.456 e. The number of anilines is 6. The molecule has 478 valence electrons. The second-order valence-corrected chi connectivity index (χ2v) is 30.3. The standard InChI is InChI=1S/C93H66BN5OS/c1-92(2,3)61-35-42-78(69(51-61)57-21-9-7-10-22-57)98-81-53-63(96-75-29-17-13-25-65(75)66-26-14-18-30-76(66)96)37-39-73(81)94-74-40-38-64(97-77-31-19-15-27-67(77)71-47-56(55-95)33-41-80(71)97)54-82(74)99(79-43-36-62(93(4,5)6)52-70(79)58-23-11-8-12-24-58)84-50-60(49-83(98)91(84)94)59-34-44-85-72(48-59)89-86(100-85)45-46-88-90(89)68-28-16-20-32-87(68)101-88/h7-54H,1-6H3/i15D,19D,27D,31D. The van der Waals surface area contributed by atoms with Crippen LogP contribution in [0, 0.1) is 11.3 Å². The van der Waals surface area contributed by atoms with E-state index >= 15 is 0 Å². The summed E-state index contributed by atoms with van der Waals surface area (Å²) in [7, 11) is 0. The highest BCUT2D eigenvalue weighted by atomic mass is 32.1. The Kier molecular flexibility index (Phi) is 11.9. The molecule has 0 unspecified atom stereocenters. The number of aromatic nitrogens is 2. The third kappa shape index (κ3) is 8.96. The van der Waals surface area contributed by atoms with Crippen LogP contribution in [0.15, 0.2) is 296 Å². The fourth-order valence-corrected chi connectivity index (χ4v) is 17.7. The van der Waals surface area contributed by atoms with Crippen LogP contribution in [0.4, 0.5) is 34.1 Å². The summed E-state index contributed by atoms with van der Waals surface area (Å²) in [5.41, 5.74) is 24.4. The molecular weight excluding hydrogens is 1250 g/mol. The third-order valence-corrected chi connectivity index (χ3v) is 22.5. The van der Waals surface area contributed by atoms with E-state index in [1.165, 1.54) is 42.1 Å². The molecule has 0 radical (unpaired) electrons. The Morgan fingerprint density at radius 1 is 0.386 bits per heavy atom. The monoisotopic (exact) mass is 1320 g/mol. The van der Waals surface area contributed by atoms with Gasteiger partial charge in [0.25, 0.3) is 6.71 Å². The van der Waals surface area contributed by atoms with Crippen molar-refractivity contribution in [2.45, 2.75) is 52.4 Å². The van der Waals surface area contributed by atoms with E-state index in [1.54, 1.807) is 12.1 Å². The van der Waals surface area contributed by atoms with Crippen molar-refractivity contribution in [3.63, 3.8) is 0 Å². The second kappa shape index (κ2) is 21.9. The number of hydrogen-bond acceptors (Lipinski definition) is 5. The first-order valence-electron chi connectivity index (χ1n) is 36.6. The lowest BCUT2D eigenvalue weighted by atomic mass is 9.33. The van der Waals surface area contributed by atoms with Crippen LogP contribution in [0.3, 0.4) is 0 Å². The molecule has 0 atom stereocenters. The Morgan fingerprint density at radius 3 is 1.53 bits per heavy atom. The number of nitriles is 1. The van der Waals surface area contributed by atoms with Crippen LogP contribution >= 0.6 is 11.3 Å². The third-order valence-electron chi connectivity index (χ3n) is 21.3. The molecule has 8 heteroatoms. The number of benzene rings is 14. The molecule has 6 nitrogen and oxygen atoms in total. The Bertz CT molecular complexity index is 6790. The molecule has 2 aliphatic rings. The number of rotatable bonds is 7. The zero-order valence-corrected chi connectivity index (χ0v) is 57.3. The number of nitrogens with zero attached hydrogens (tertiary/aromatic N) is 5. The van der Waals surface area contributed by atoms with Gasteiger partial charge >= 0.3 is 0 Å². The Labute approximate surface area is 595 Å². The smallest absolute Gasteiger partial charge is 0.252 e. The van der Waals surface area contributed by atoms with Crippen LogP contribution in [0.5, 0.6) is 0 Å². The molecule has 6 heterocycles. The number of hydrogen-bond donors (Lipinski definition) is 0. The quantitative estimate of drug-likeness (QED) is 0.149. The fourth-order valence-electron chi connectivity index (χ4n) is 16.5. The van der Waals surface area contributed by atoms with E-state index in [0.29, 0.717) is 33.1 Å². The van der Waals surface area contributed by atoms with Gasteiger partial charge in [0.15, 0.2) is 0 Å². The van der Waals surface area contributed by atoms with Crippen molar-refractivity contribution in [2.24, 2.45) is 0 Å². The van der Waals surface area contributed by atoms with Gasteiger partial charge < -0.3 is 23.4 Å². The molecule has 0 amide bonds. The molecule has 0 saturated carbocycles. The summed E-state index contributed by atoms with van der Waals surface area (Å²) < 4.78 is 51.3. The first-order valence-corrected chi connectivity index (χ1v) is 35.5. The maximum atomic E-state index is 10.4. The Balaban J connectivity index is 0.956. The van der Waals surface area contributed by atoms with Crippen LogP contribution in [0.2, 0.25) is 0 Å². The van der Waals surface area contributed by atoms with Gasteiger partial charge in [-0.2, -0.15) is 5.26 Å². The molecular formula is C93H66BN5OS. The number of furan rings is 1. The molecule has 14 aromatic carbocycles. The Morgan fingerprint density at radius 2 is 0.931 bits per heavy atom. The number of fused-ring (bicyclic) bond motifs is 17. The maximum absolute atomic E-state index is 10.4. The van der Waals surface area contributed by atoms with Gasteiger partial charge in [0.05, 0.1) is 50.6 Å². The van der Waals surface area contributed by atoms with Crippen LogP contribution in [0.25, 0.3) is 130 Å². The summed E-state index contributed by atoms with van der Waals surface area (Å²) in [6, 6.07) is 98.2. The molecule has 0 bridgehead atoms. The fraction of sp³-hybridized carbons (Fsp3) is 0.0860. The summed E-state index contributed by atoms with van der Waals surface area (Å²) in [6.45, 7) is 13.3. The van der Waals surface area contributed by atoms with Crippen molar-refractivity contribution < 1.29 is 9.90 Å². The first-order chi connectivity index (χ1) is 51.0. The summed E-state index contributed by atoms with van der Waals surface area (Å²) >= 11 is 1.81. The highest BCUT2D eigenvalue weighted by Gasteiger charge is 2.45. The molecule has 4 aromatic heterocycles. The van der Waals surface area contributed by atoms with Crippen LogP contribution in [-0.4, -0.2) is 15.8 Å². The van der Waals surface area contributed by atoms with E-state index < -0.39 is 0 Å². The molecule has 20 rings (SSSR count). The summed E-state index contributed by atoms with van der Waals surface area (Å²) in [6.07, 6.45) is 0. The van der Waals surface area contributed by atoms with Crippen molar-refractivity contribution >= 4 is 154 Å². The Hall–Kier alpha value is -12.1. The lowest BCUT2D eigenvalue weighted by Gasteiger charge is -2.45.